The van der Waals surface area contributed by atoms with Crippen molar-refractivity contribution in [1.82, 2.24) is 15.3 Å². The fourth-order valence-electron chi connectivity index (χ4n) is 4.13. The summed E-state index contributed by atoms with van der Waals surface area (Å²) in [6, 6.07) is 8.93. The highest BCUT2D eigenvalue weighted by Gasteiger charge is 2.20. The average molecular weight is 380 g/mol. The van der Waals surface area contributed by atoms with Crippen molar-refractivity contribution in [2.45, 2.75) is 45.1 Å². The fourth-order valence-corrected chi connectivity index (χ4v) is 4.13. The summed E-state index contributed by atoms with van der Waals surface area (Å²) in [6.07, 6.45) is 9.16. The van der Waals surface area contributed by atoms with E-state index in [2.05, 4.69) is 56.3 Å². The predicted octanol–water partition coefficient (Wildman–Crippen LogP) is 3.17. The lowest BCUT2D eigenvalue weighted by Gasteiger charge is -2.36. The Labute approximate surface area is 167 Å². The van der Waals surface area contributed by atoms with Crippen LogP contribution in [0.15, 0.2) is 36.7 Å². The van der Waals surface area contributed by atoms with Gasteiger partial charge in [0.25, 0.3) is 5.91 Å². The van der Waals surface area contributed by atoms with Gasteiger partial charge >= 0.3 is 0 Å². The van der Waals surface area contributed by atoms with E-state index in [0.717, 1.165) is 44.8 Å². The molecule has 0 bridgehead atoms. The number of hydrogen-bond acceptors (Lipinski definition) is 5. The highest BCUT2D eigenvalue weighted by atomic mass is 16.1. The number of nitrogens with zero attached hydrogens (tertiary/aromatic N) is 4. The molecule has 1 aliphatic heterocycles. The summed E-state index contributed by atoms with van der Waals surface area (Å²) < 4.78 is 0. The van der Waals surface area contributed by atoms with E-state index in [-0.39, 0.29) is 11.9 Å². The fraction of sp³-hybridized carbons (Fsp3) is 0.500. The summed E-state index contributed by atoms with van der Waals surface area (Å²) in [5, 5.41) is 3.10. The van der Waals surface area contributed by atoms with Gasteiger partial charge in [0, 0.05) is 37.9 Å². The smallest absolute Gasteiger partial charge is 0.271 e. The molecule has 2 fully saturated rings. The van der Waals surface area contributed by atoms with Crippen molar-refractivity contribution >= 4 is 17.4 Å². The van der Waals surface area contributed by atoms with Crippen LogP contribution in [0.4, 0.5) is 11.5 Å². The number of piperazine rings is 1. The summed E-state index contributed by atoms with van der Waals surface area (Å²) in [7, 11) is 0. The molecule has 28 heavy (non-hydrogen) atoms. The summed E-state index contributed by atoms with van der Waals surface area (Å²) >= 11 is 0. The molecule has 2 aromatic rings. The van der Waals surface area contributed by atoms with Crippen molar-refractivity contribution in [2.75, 3.05) is 36.0 Å². The zero-order chi connectivity index (χ0) is 19.3. The van der Waals surface area contributed by atoms with Gasteiger partial charge in [0.1, 0.15) is 11.5 Å². The molecule has 6 heteroatoms. The molecular formula is C22H29N5O. The lowest BCUT2D eigenvalue weighted by Crippen LogP contribution is -2.47. The first kappa shape index (κ1) is 18.7. The minimum absolute atomic E-state index is 0.102. The standard InChI is InChI=1S/C22H29N5O/c1-17-6-5-9-19(14-17)26-10-12-27(13-11-26)21-16-23-20(15-24-21)22(28)25-18-7-3-2-4-8-18/h5-6,9,14-16,18H,2-4,7-8,10-13H2,1H3,(H,25,28). The van der Waals surface area contributed by atoms with Crippen LogP contribution in [-0.2, 0) is 0 Å². The minimum atomic E-state index is -0.102. The van der Waals surface area contributed by atoms with Gasteiger partial charge in [-0.1, -0.05) is 31.4 Å². The first-order valence-corrected chi connectivity index (χ1v) is 10.4. The number of benzene rings is 1. The molecular weight excluding hydrogens is 350 g/mol. The number of rotatable bonds is 4. The Balaban J connectivity index is 1.32. The molecule has 0 spiro atoms. The molecule has 1 aromatic carbocycles. The van der Waals surface area contributed by atoms with Crippen LogP contribution in [0, 0.1) is 6.92 Å². The highest BCUT2D eigenvalue weighted by Crippen LogP contribution is 2.20. The van der Waals surface area contributed by atoms with Crippen LogP contribution < -0.4 is 15.1 Å². The van der Waals surface area contributed by atoms with Crippen LogP contribution in [0.5, 0.6) is 0 Å². The molecule has 148 valence electrons. The maximum atomic E-state index is 12.4. The number of carbonyl (C=O) groups excluding carboxylic acids is 1. The lowest BCUT2D eigenvalue weighted by atomic mass is 9.95. The average Bonchev–Trinajstić information content (AvgIpc) is 2.75. The van der Waals surface area contributed by atoms with E-state index in [1.54, 1.807) is 12.4 Å². The molecule has 1 N–H and O–H groups in total. The Morgan fingerprint density at radius 3 is 2.43 bits per heavy atom. The number of amides is 1. The van der Waals surface area contributed by atoms with E-state index in [1.165, 1.54) is 30.5 Å². The van der Waals surface area contributed by atoms with Gasteiger partial charge in [0.15, 0.2) is 0 Å². The molecule has 1 aliphatic carbocycles. The molecule has 1 aromatic heterocycles. The van der Waals surface area contributed by atoms with E-state index in [0.29, 0.717) is 5.69 Å². The molecule has 0 radical (unpaired) electrons. The lowest BCUT2D eigenvalue weighted by molar-refractivity contribution is 0.0922. The van der Waals surface area contributed by atoms with Gasteiger partial charge in [0.2, 0.25) is 0 Å². The van der Waals surface area contributed by atoms with Gasteiger partial charge in [-0.3, -0.25) is 4.79 Å². The van der Waals surface area contributed by atoms with Crippen LogP contribution >= 0.6 is 0 Å². The normalized spacial score (nSPS) is 18.2. The Bertz CT molecular complexity index is 793. The van der Waals surface area contributed by atoms with Crippen LogP contribution in [0.1, 0.15) is 48.2 Å². The van der Waals surface area contributed by atoms with Crippen molar-refractivity contribution < 1.29 is 4.79 Å². The van der Waals surface area contributed by atoms with Gasteiger partial charge in [-0.25, -0.2) is 9.97 Å². The SMILES string of the molecule is Cc1cccc(N2CCN(c3cnc(C(=O)NC4CCCCC4)cn3)CC2)c1. The Hall–Kier alpha value is -2.63. The number of carbonyl (C=O) groups is 1. The summed E-state index contributed by atoms with van der Waals surface area (Å²) in [6.45, 7) is 5.83. The van der Waals surface area contributed by atoms with Crippen molar-refractivity contribution in [2.24, 2.45) is 0 Å². The third-order valence-electron chi connectivity index (χ3n) is 5.78. The van der Waals surface area contributed by atoms with Crippen molar-refractivity contribution in [3.63, 3.8) is 0 Å². The third-order valence-corrected chi connectivity index (χ3v) is 5.78. The van der Waals surface area contributed by atoms with Crippen LogP contribution in [0.25, 0.3) is 0 Å². The van der Waals surface area contributed by atoms with Crippen LogP contribution in [0.3, 0.4) is 0 Å². The number of aromatic nitrogens is 2. The van der Waals surface area contributed by atoms with E-state index in [4.69, 9.17) is 0 Å². The second-order valence-corrected chi connectivity index (χ2v) is 7.88. The molecule has 6 nitrogen and oxygen atoms in total. The number of nitrogens with one attached hydrogen (secondary N) is 1. The minimum Gasteiger partial charge on any atom is -0.368 e. The topological polar surface area (TPSA) is 61.4 Å². The molecule has 1 amide bonds. The molecule has 1 saturated carbocycles. The number of aryl methyl sites for hydroxylation is 1. The van der Waals surface area contributed by atoms with Gasteiger partial charge in [0.05, 0.1) is 12.4 Å². The second kappa shape index (κ2) is 8.59. The van der Waals surface area contributed by atoms with Crippen molar-refractivity contribution in [3.05, 3.63) is 47.9 Å². The van der Waals surface area contributed by atoms with E-state index < -0.39 is 0 Å². The zero-order valence-corrected chi connectivity index (χ0v) is 16.6. The van der Waals surface area contributed by atoms with E-state index in [1.807, 2.05) is 0 Å². The molecule has 0 unspecified atom stereocenters. The number of hydrogen-bond donors (Lipinski definition) is 1. The quantitative estimate of drug-likeness (QED) is 0.884. The maximum Gasteiger partial charge on any atom is 0.271 e. The Morgan fingerprint density at radius 1 is 1.00 bits per heavy atom. The van der Waals surface area contributed by atoms with Crippen LogP contribution in [-0.4, -0.2) is 48.1 Å². The summed E-state index contributed by atoms with van der Waals surface area (Å²) in [5.74, 6) is 0.744. The molecule has 1 saturated heterocycles. The predicted molar refractivity (Wildman–Crippen MR) is 112 cm³/mol. The van der Waals surface area contributed by atoms with Crippen LogP contribution in [0.2, 0.25) is 0 Å². The molecule has 2 heterocycles. The summed E-state index contributed by atoms with van der Waals surface area (Å²) in [5.41, 5.74) is 2.97. The van der Waals surface area contributed by atoms with Gasteiger partial charge in [-0.15, -0.1) is 0 Å². The first-order chi connectivity index (χ1) is 13.7. The molecule has 2 aliphatic rings. The van der Waals surface area contributed by atoms with Crippen molar-refractivity contribution in [1.29, 1.82) is 0 Å². The second-order valence-electron chi connectivity index (χ2n) is 7.88. The molecule has 0 atom stereocenters. The molecule has 4 rings (SSSR count). The first-order valence-electron chi connectivity index (χ1n) is 10.4. The summed E-state index contributed by atoms with van der Waals surface area (Å²) in [4.78, 5) is 25.9. The Morgan fingerprint density at radius 2 is 1.75 bits per heavy atom. The Kier molecular flexibility index (Phi) is 5.74. The van der Waals surface area contributed by atoms with E-state index in [9.17, 15) is 4.79 Å². The largest absolute Gasteiger partial charge is 0.368 e. The third kappa shape index (κ3) is 4.43. The van der Waals surface area contributed by atoms with Crippen molar-refractivity contribution in [3.8, 4) is 0 Å². The van der Waals surface area contributed by atoms with E-state index >= 15 is 0 Å². The highest BCUT2D eigenvalue weighted by molar-refractivity contribution is 5.92. The van der Waals surface area contributed by atoms with Gasteiger partial charge in [-0.2, -0.15) is 0 Å². The van der Waals surface area contributed by atoms with Gasteiger partial charge < -0.3 is 15.1 Å². The monoisotopic (exact) mass is 379 g/mol. The number of anilines is 2. The zero-order valence-electron chi connectivity index (χ0n) is 16.6. The van der Waals surface area contributed by atoms with Gasteiger partial charge in [-0.05, 0) is 37.5 Å². The maximum absolute atomic E-state index is 12.4.